The normalized spacial score (nSPS) is 16.4. The van der Waals surface area contributed by atoms with Crippen molar-refractivity contribution in [3.05, 3.63) is 40.3 Å². The molecule has 1 atom stereocenters. The maximum atomic E-state index is 14.3. The van der Waals surface area contributed by atoms with Crippen LogP contribution >= 0.6 is 0 Å². The Labute approximate surface area is 157 Å². The van der Waals surface area contributed by atoms with E-state index in [4.69, 9.17) is 11.6 Å². The third-order valence-electron chi connectivity index (χ3n) is 4.55. The highest BCUT2D eigenvalue weighted by atomic mass is 19.1. The molecule has 150 valence electrons. The lowest BCUT2D eigenvalue weighted by atomic mass is 10.1. The minimum Gasteiger partial charge on any atom is -0.401 e. The minimum absolute atomic E-state index is 0.00701. The lowest BCUT2D eigenvalue weighted by molar-refractivity contribution is -0.119. The number of halogens is 2. The maximum absolute atomic E-state index is 14.3. The predicted octanol–water partition coefficient (Wildman–Crippen LogP) is 1.84. The van der Waals surface area contributed by atoms with Gasteiger partial charge in [-0.2, -0.15) is 4.39 Å². The lowest BCUT2D eigenvalue weighted by Crippen LogP contribution is -2.34. The summed E-state index contributed by atoms with van der Waals surface area (Å²) >= 11 is 0. The summed E-state index contributed by atoms with van der Waals surface area (Å²) in [5, 5.41) is 3.62. The van der Waals surface area contributed by atoms with Gasteiger partial charge in [-0.3, -0.25) is 9.59 Å². The molecule has 1 heterocycles. The first-order valence-corrected chi connectivity index (χ1v) is 9.07. The van der Waals surface area contributed by atoms with E-state index >= 15 is 0 Å². The Hall–Kier alpha value is -2.42. The van der Waals surface area contributed by atoms with Crippen LogP contribution in [-0.4, -0.2) is 28.2 Å². The first-order chi connectivity index (χ1) is 12.8. The Kier molecular flexibility index (Phi) is 7.35. The SMILES string of the molecule is C/C(N)=C/N(N)CC(F)CCn1ccc(NC(=O)C2CCCC2)c(F)c1=O. The Morgan fingerprint density at radius 3 is 2.78 bits per heavy atom. The fourth-order valence-electron chi connectivity index (χ4n) is 3.16. The predicted molar refractivity (Wildman–Crippen MR) is 99.6 cm³/mol. The zero-order valence-corrected chi connectivity index (χ0v) is 15.5. The molecule has 1 amide bonds. The Bertz CT molecular complexity index is 740. The number of amides is 1. The van der Waals surface area contributed by atoms with Crippen molar-refractivity contribution in [2.24, 2.45) is 17.5 Å². The van der Waals surface area contributed by atoms with Crippen LogP contribution in [0.25, 0.3) is 0 Å². The van der Waals surface area contributed by atoms with Gasteiger partial charge in [0.15, 0.2) is 0 Å². The summed E-state index contributed by atoms with van der Waals surface area (Å²) in [6.45, 7) is 1.52. The molecule has 7 nitrogen and oxygen atoms in total. The Morgan fingerprint density at radius 1 is 1.48 bits per heavy atom. The summed E-state index contributed by atoms with van der Waals surface area (Å²) < 4.78 is 29.4. The number of alkyl halides is 1. The van der Waals surface area contributed by atoms with E-state index in [1.54, 1.807) is 6.92 Å². The number of hydrogen-bond acceptors (Lipinski definition) is 5. The molecule has 0 bridgehead atoms. The molecule has 27 heavy (non-hydrogen) atoms. The number of anilines is 1. The quantitative estimate of drug-likeness (QED) is 0.469. The number of carbonyl (C=O) groups is 1. The number of nitrogens with one attached hydrogen (secondary N) is 1. The molecule has 5 N–H and O–H groups in total. The second-order valence-corrected chi connectivity index (χ2v) is 6.97. The number of hydrazine groups is 1. The molecular weight excluding hydrogens is 356 g/mol. The van der Waals surface area contributed by atoms with E-state index in [0.29, 0.717) is 5.70 Å². The Balaban J connectivity index is 1.94. The Morgan fingerprint density at radius 2 is 2.15 bits per heavy atom. The van der Waals surface area contributed by atoms with Gasteiger partial charge in [-0.1, -0.05) is 12.8 Å². The number of aryl methyl sites for hydroxylation is 1. The van der Waals surface area contributed by atoms with E-state index in [1.807, 2.05) is 0 Å². The number of rotatable bonds is 8. The number of carbonyl (C=O) groups excluding carboxylic acids is 1. The average Bonchev–Trinajstić information content (AvgIpc) is 3.12. The van der Waals surface area contributed by atoms with E-state index in [-0.39, 0.29) is 37.0 Å². The third kappa shape index (κ3) is 6.06. The van der Waals surface area contributed by atoms with E-state index in [2.05, 4.69) is 5.32 Å². The lowest BCUT2D eigenvalue weighted by Gasteiger charge is -2.18. The average molecular weight is 383 g/mol. The monoisotopic (exact) mass is 383 g/mol. The minimum atomic E-state index is -1.32. The first-order valence-electron chi connectivity index (χ1n) is 9.07. The molecule has 0 radical (unpaired) electrons. The van der Waals surface area contributed by atoms with Crippen LogP contribution < -0.4 is 22.5 Å². The van der Waals surface area contributed by atoms with Crippen molar-refractivity contribution in [3.8, 4) is 0 Å². The highest BCUT2D eigenvalue weighted by Gasteiger charge is 2.24. The van der Waals surface area contributed by atoms with Gasteiger partial charge in [0, 0.05) is 30.6 Å². The molecule has 0 aromatic carbocycles. The maximum Gasteiger partial charge on any atom is 0.288 e. The van der Waals surface area contributed by atoms with Crippen LogP contribution in [0, 0.1) is 11.7 Å². The van der Waals surface area contributed by atoms with Crippen LogP contribution in [0.5, 0.6) is 0 Å². The van der Waals surface area contributed by atoms with Crippen molar-refractivity contribution in [3.63, 3.8) is 0 Å². The van der Waals surface area contributed by atoms with Crippen molar-refractivity contribution in [1.82, 2.24) is 9.58 Å². The van der Waals surface area contributed by atoms with Gasteiger partial charge in [0.05, 0.1) is 12.2 Å². The molecule has 1 aliphatic carbocycles. The van der Waals surface area contributed by atoms with Crippen LogP contribution in [0.4, 0.5) is 14.5 Å². The summed E-state index contributed by atoms with van der Waals surface area (Å²) in [6.07, 6.45) is 4.94. The fourth-order valence-corrected chi connectivity index (χ4v) is 3.16. The van der Waals surface area contributed by atoms with Crippen molar-refractivity contribution in [2.75, 3.05) is 11.9 Å². The summed E-state index contributed by atoms with van der Waals surface area (Å²) in [4.78, 5) is 24.2. The van der Waals surface area contributed by atoms with Crippen LogP contribution in [-0.2, 0) is 11.3 Å². The number of nitrogens with zero attached hydrogens (tertiary/aromatic N) is 2. The van der Waals surface area contributed by atoms with Gasteiger partial charge in [-0.05, 0) is 32.3 Å². The fraction of sp³-hybridized carbons (Fsp3) is 0.556. The number of nitrogens with two attached hydrogens (primary N) is 2. The first kappa shape index (κ1) is 20.9. The number of hydrogen-bond donors (Lipinski definition) is 3. The molecule has 1 aromatic rings. The second kappa shape index (κ2) is 9.50. The van der Waals surface area contributed by atoms with Crippen LogP contribution in [0.2, 0.25) is 0 Å². The van der Waals surface area contributed by atoms with Gasteiger partial charge in [0.25, 0.3) is 5.56 Å². The molecule has 1 aromatic heterocycles. The molecule has 0 spiro atoms. The number of pyridine rings is 1. The molecule has 9 heteroatoms. The van der Waals surface area contributed by atoms with Crippen LogP contribution in [0.1, 0.15) is 39.0 Å². The van der Waals surface area contributed by atoms with Crippen molar-refractivity contribution >= 4 is 11.6 Å². The summed E-state index contributed by atoms with van der Waals surface area (Å²) in [6, 6.07) is 1.33. The van der Waals surface area contributed by atoms with E-state index < -0.39 is 17.5 Å². The van der Waals surface area contributed by atoms with Gasteiger partial charge in [0.2, 0.25) is 11.7 Å². The van der Waals surface area contributed by atoms with Gasteiger partial charge >= 0.3 is 0 Å². The van der Waals surface area contributed by atoms with Crippen molar-refractivity contribution in [2.45, 2.75) is 51.7 Å². The summed E-state index contributed by atoms with van der Waals surface area (Å²) in [5.41, 5.74) is 4.87. The third-order valence-corrected chi connectivity index (χ3v) is 4.55. The molecule has 1 saturated carbocycles. The molecule has 0 aliphatic heterocycles. The van der Waals surface area contributed by atoms with Gasteiger partial charge in [-0.15, -0.1) is 0 Å². The van der Waals surface area contributed by atoms with Crippen LogP contribution in [0.3, 0.4) is 0 Å². The summed E-state index contributed by atoms with van der Waals surface area (Å²) in [5.74, 6) is 4.14. The largest absolute Gasteiger partial charge is 0.401 e. The van der Waals surface area contributed by atoms with Crippen molar-refractivity contribution in [1.29, 1.82) is 0 Å². The molecule has 1 aliphatic rings. The number of allylic oxidation sites excluding steroid dienone is 1. The zero-order chi connectivity index (χ0) is 20.0. The standard InChI is InChI=1S/C18H27F2N5O2/c1-12(21)10-25(22)11-14(19)6-8-24-9-7-15(16(20)18(24)27)23-17(26)13-4-2-3-5-13/h7,9-10,13-14H,2-6,8,11,21-22H2,1H3,(H,23,26)/b12-10-. The van der Waals surface area contributed by atoms with Gasteiger partial charge in [-0.25, -0.2) is 10.2 Å². The van der Waals surface area contributed by atoms with E-state index in [9.17, 15) is 18.4 Å². The van der Waals surface area contributed by atoms with Gasteiger partial charge in [0.1, 0.15) is 6.17 Å². The van der Waals surface area contributed by atoms with E-state index in [1.165, 1.54) is 18.5 Å². The molecular formula is C18H27F2N5O2. The topological polar surface area (TPSA) is 106 Å². The smallest absolute Gasteiger partial charge is 0.288 e. The van der Waals surface area contributed by atoms with Gasteiger partial charge < -0.3 is 20.6 Å². The van der Waals surface area contributed by atoms with Crippen molar-refractivity contribution < 1.29 is 13.6 Å². The number of aromatic nitrogens is 1. The summed E-state index contributed by atoms with van der Waals surface area (Å²) in [7, 11) is 0. The van der Waals surface area contributed by atoms with Crippen LogP contribution in [0.15, 0.2) is 29.0 Å². The molecule has 0 saturated heterocycles. The zero-order valence-electron chi connectivity index (χ0n) is 15.5. The molecule has 2 rings (SSSR count). The molecule has 1 unspecified atom stereocenters. The highest BCUT2D eigenvalue weighted by molar-refractivity contribution is 5.92. The molecule has 1 fully saturated rings. The van der Waals surface area contributed by atoms with E-state index in [0.717, 1.165) is 35.3 Å². The highest BCUT2D eigenvalue weighted by Crippen LogP contribution is 2.26. The second-order valence-electron chi connectivity index (χ2n) is 6.97.